The number of benzene rings is 2. The maximum absolute atomic E-state index is 13.5. The first kappa shape index (κ1) is 20.3. The lowest BCUT2D eigenvalue weighted by Crippen LogP contribution is -2.45. The van der Waals surface area contributed by atoms with Crippen LogP contribution in [0.15, 0.2) is 36.4 Å². The van der Waals surface area contributed by atoms with Gasteiger partial charge in [0.05, 0.1) is 18.7 Å². The maximum Gasteiger partial charge on any atom is 0.171 e. The molecule has 0 atom stereocenters. The number of ether oxygens (including phenoxy) is 2. The fourth-order valence-corrected chi connectivity index (χ4v) is 4.22. The summed E-state index contributed by atoms with van der Waals surface area (Å²) >= 11 is 6.24. The van der Waals surface area contributed by atoms with E-state index in [0.29, 0.717) is 29.6 Å². The van der Waals surface area contributed by atoms with Crippen LogP contribution in [0.4, 0.5) is 14.6 Å². The second-order valence-corrected chi connectivity index (χ2v) is 8.10. The SMILES string of the molecule is Fc1ccc(C=Cc2nc(N3CCC4(CC3)OCCO4)c3cc(Cl)ccc3n2)cc1F. The van der Waals surface area contributed by atoms with Gasteiger partial charge >= 0.3 is 0 Å². The van der Waals surface area contributed by atoms with Crippen molar-refractivity contribution in [2.24, 2.45) is 0 Å². The van der Waals surface area contributed by atoms with Crippen LogP contribution >= 0.6 is 11.6 Å². The molecule has 0 bridgehead atoms. The molecule has 5 nitrogen and oxygen atoms in total. The molecule has 8 heteroatoms. The van der Waals surface area contributed by atoms with E-state index < -0.39 is 17.4 Å². The summed E-state index contributed by atoms with van der Waals surface area (Å²) in [5, 5.41) is 1.47. The first-order valence-corrected chi connectivity index (χ1v) is 10.5. The van der Waals surface area contributed by atoms with E-state index in [0.717, 1.165) is 54.8 Å². The molecule has 2 fully saturated rings. The lowest BCUT2D eigenvalue weighted by molar-refractivity contribution is -0.169. The van der Waals surface area contributed by atoms with Crippen LogP contribution in [0.5, 0.6) is 0 Å². The van der Waals surface area contributed by atoms with Gasteiger partial charge in [0.15, 0.2) is 23.2 Å². The monoisotopic (exact) mass is 443 g/mol. The highest BCUT2D eigenvalue weighted by Gasteiger charge is 2.40. The average Bonchev–Trinajstić information content (AvgIpc) is 3.23. The first-order valence-electron chi connectivity index (χ1n) is 10.1. The molecule has 0 saturated carbocycles. The van der Waals surface area contributed by atoms with E-state index >= 15 is 0 Å². The third kappa shape index (κ3) is 4.13. The second-order valence-electron chi connectivity index (χ2n) is 7.67. The minimum atomic E-state index is -0.893. The van der Waals surface area contributed by atoms with Crippen molar-refractivity contribution in [1.82, 2.24) is 9.97 Å². The number of piperidine rings is 1. The van der Waals surface area contributed by atoms with Gasteiger partial charge in [0.2, 0.25) is 0 Å². The molecular weight excluding hydrogens is 424 g/mol. The van der Waals surface area contributed by atoms with Gasteiger partial charge < -0.3 is 14.4 Å². The molecule has 160 valence electrons. The molecule has 3 heterocycles. The van der Waals surface area contributed by atoms with E-state index in [1.165, 1.54) is 6.07 Å². The molecule has 1 spiro atoms. The fourth-order valence-electron chi connectivity index (χ4n) is 4.05. The Bertz CT molecular complexity index is 1160. The topological polar surface area (TPSA) is 47.5 Å². The number of hydrogen-bond donors (Lipinski definition) is 0. The van der Waals surface area contributed by atoms with Gasteiger partial charge in [-0.05, 0) is 42.0 Å². The Balaban J connectivity index is 1.48. The predicted octanol–water partition coefficient (Wildman–Crippen LogP) is 5.08. The van der Waals surface area contributed by atoms with E-state index in [4.69, 9.17) is 26.1 Å². The third-order valence-corrected chi connectivity index (χ3v) is 5.90. The van der Waals surface area contributed by atoms with Crippen LogP contribution in [-0.4, -0.2) is 42.1 Å². The minimum Gasteiger partial charge on any atom is -0.356 e. The zero-order valence-corrected chi connectivity index (χ0v) is 17.4. The molecule has 5 rings (SSSR count). The highest BCUT2D eigenvalue weighted by Crippen LogP contribution is 2.35. The van der Waals surface area contributed by atoms with Crippen LogP contribution in [0.3, 0.4) is 0 Å². The molecule has 2 aliphatic heterocycles. The fraction of sp³-hybridized carbons (Fsp3) is 0.304. The van der Waals surface area contributed by atoms with Gasteiger partial charge in [-0.3, -0.25) is 0 Å². The van der Waals surface area contributed by atoms with Gasteiger partial charge in [0.25, 0.3) is 0 Å². The van der Waals surface area contributed by atoms with Crippen molar-refractivity contribution >= 4 is 40.5 Å². The van der Waals surface area contributed by atoms with Gasteiger partial charge in [-0.25, -0.2) is 18.7 Å². The number of halogens is 3. The molecule has 31 heavy (non-hydrogen) atoms. The van der Waals surface area contributed by atoms with Crippen LogP contribution in [0.2, 0.25) is 5.02 Å². The van der Waals surface area contributed by atoms with Crippen LogP contribution in [-0.2, 0) is 9.47 Å². The third-order valence-electron chi connectivity index (χ3n) is 5.66. The molecule has 2 aromatic carbocycles. The zero-order chi connectivity index (χ0) is 21.4. The summed E-state index contributed by atoms with van der Waals surface area (Å²) in [6, 6.07) is 9.24. The summed E-state index contributed by atoms with van der Waals surface area (Å²) in [4.78, 5) is 11.5. The van der Waals surface area contributed by atoms with Crippen molar-refractivity contribution in [3.05, 3.63) is 64.4 Å². The summed E-state index contributed by atoms with van der Waals surface area (Å²) < 4.78 is 38.3. The van der Waals surface area contributed by atoms with Crippen LogP contribution < -0.4 is 4.90 Å². The summed E-state index contributed by atoms with van der Waals surface area (Å²) in [6.45, 7) is 2.71. The van der Waals surface area contributed by atoms with Crippen molar-refractivity contribution in [2.45, 2.75) is 18.6 Å². The predicted molar refractivity (Wildman–Crippen MR) is 116 cm³/mol. The summed E-state index contributed by atoms with van der Waals surface area (Å²) in [7, 11) is 0. The van der Waals surface area contributed by atoms with E-state index in [2.05, 4.69) is 9.88 Å². The standard InChI is InChI=1S/C23H20ClF2N3O2/c24-16-3-5-20-17(14-16)22(29-9-7-23(8-10-29)30-11-12-31-23)28-21(27-20)6-2-15-1-4-18(25)19(26)13-15/h1-6,13-14H,7-12H2. The van der Waals surface area contributed by atoms with E-state index in [1.54, 1.807) is 18.2 Å². The van der Waals surface area contributed by atoms with Crippen molar-refractivity contribution in [3.63, 3.8) is 0 Å². The molecule has 0 amide bonds. The van der Waals surface area contributed by atoms with Crippen molar-refractivity contribution in [3.8, 4) is 0 Å². The van der Waals surface area contributed by atoms with Crippen molar-refractivity contribution in [2.75, 3.05) is 31.2 Å². The van der Waals surface area contributed by atoms with Gasteiger partial charge in [-0.15, -0.1) is 0 Å². The number of aromatic nitrogens is 2. The molecule has 2 aliphatic rings. The van der Waals surface area contributed by atoms with Gasteiger partial charge in [0.1, 0.15) is 5.82 Å². The largest absolute Gasteiger partial charge is 0.356 e. The molecule has 0 unspecified atom stereocenters. The second kappa shape index (κ2) is 8.15. The van der Waals surface area contributed by atoms with E-state index in [1.807, 2.05) is 12.1 Å². The Morgan fingerprint density at radius 2 is 1.71 bits per heavy atom. The minimum absolute atomic E-state index is 0.475. The molecular formula is C23H20ClF2N3O2. The average molecular weight is 444 g/mol. The Morgan fingerprint density at radius 1 is 0.935 bits per heavy atom. The molecule has 0 aliphatic carbocycles. The highest BCUT2D eigenvalue weighted by molar-refractivity contribution is 6.31. The first-order chi connectivity index (χ1) is 15.0. The van der Waals surface area contributed by atoms with Gasteiger partial charge in [-0.2, -0.15) is 0 Å². The summed E-state index contributed by atoms with van der Waals surface area (Å²) in [5.74, 6) is -0.993. The van der Waals surface area contributed by atoms with Gasteiger partial charge in [0, 0.05) is 36.3 Å². The number of fused-ring (bicyclic) bond motifs is 1. The normalized spacial score (nSPS) is 18.5. The number of rotatable bonds is 3. The number of anilines is 1. The van der Waals surface area contributed by atoms with Crippen LogP contribution in [0.25, 0.3) is 23.1 Å². The molecule has 2 saturated heterocycles. The Hall–Kier alpha value is -2.61. The highest BCUT2D eigenvalue weighted by atomic mass is 35.5. The van der Waals surface area contributed by atoms with Crippen molar-refractivity contribution in [1.29, 1.82) is 0 Å². The zero-order valence-electron chi connectivity index (χ0n) is 16.7. The Morgan fingerprint density at radius 3 is 2.45 bits per heavy atom. The maximum atomic E-state index is 13.5. The smallest absolute Gasteiger partial charge is 0.171 e. The Labute approximate surface area is 183 Å². The quantitative estimate of drug-likeness (QED) is 0.565. The number of hydrogen-bond acceptors (Lipinski definition) is 5. The summed E-state index contributed by atoms with van der Waals surface area (Å²) in [6.07, 6.45) is 4.85. The van der Waals surface area contributed by atoms with Crippen LogP contribution in [0.1, 0.15) is 24.2 Å². The number of nitrogens with zero attached hydrogens (tertiary/aromatic N) is 3. The van der Waals surface area contributed by atoms with Gasteiger partial charge in [-0.1, -0.05) is 23.7 Å². The molecule has 3 aromatic rings. The molecule has 0 radical (unpaired) electrons. The Kier molecular flexibility index (Phi) is 5.33. The lowest BCUT2D eigenvalue weighted by atomic mass is 10.0. The van der Waals surface area contributed by atoms with E-state index in [-0.39, 0.29) is 0 Å². The molecule has 0 N–H and O–H groups in total. The summed E-state index contributed by atoms with van der Waals surface area (Å²) in [5.41, 5.74) is 1.28. The van der Waals surface area contributed by atoms with E-state index in [9.17, 15) is 8.78 Å². The molecule has 1 aromatic heterocycles. The van der Waals surface area contributed by atoms with Crippen molar-refractivity contribution < 1.29 is 18.3 Å². The van der Waals surface area contributed by atoms with Crippen LogP contribution in [0, 0.1) is 11.6 Å². The lowest BCUT2D eigenvalue weighted by Gasteiger charge is -2.38.